The van der Waals surface area contributed by atoms with Crippen LogP contribution in [0.1, 0.15) is 20.8 Å². The van der Waals surface area contributed by atoms with E-state index in [-0.39, 0.29) is 12.6 Å². The molecule has 0 amide bonds. The van der Waals surface area contributed by atoms with Crippen LogP contribution in [0.15, 0.2) is 5.16 Å². The number of nitrogens with two attached hydrogens (primary N) is 1. The molecule has 5 nitrogen and oxygen atoms in total. The van der Waals surface area contributed by atoms with E-state index in [9.17, 15) is 4.79 Å². The molecule has 0 aromatic rings. The maximum absolute atomic E-state index is 10.7. The molecule has 0 radical (unpaired) electrons. The van der Waals surface area contributed by atoms with Gasteiger partial charge >= 0.3 is 6.16 Å². The van der Waals surface area contributed by atoms with Crippen LogP contribution >= 0.6 is 0 Å². The van der Waals surface area contributed by atoms with Gasteiger partial charge in [-0.3, -0.25) is 4.84 Å². The lowest BCUT2D eigenvalue weighted by atomic mass is 10.4. The summed E-state index contributed by atoms with van der Waals surface area (Å²) in [6.45, 7) is 5.36. The van der Waals surface area contributed by atoms with Gasteiger partial charge in [-0.1, -0.05) is 5.16 Å². The van der Waals surface area contributed by atoms with E-state index in [0.717, 1.165) is 0 Å². The molecule has 0 aliphatic carbocycles. The Balaban J connectivity index is 3.71. The van der Waals surface area contributed by atoms with E-state index >= 15 is 0 Å². The van der Waals surface area contributed by atoms with Crippen LogP contribution in [0.5, 0.6) is 0 Å². The highest BCUT2D eigenvalue weighted by Crippen LogP contribution is 1.93. The average molecular weight is 174 g/mol. The maximum Gasteiger partial charge on any atom is 0.535 e. The second-order valence-corrected chi connectivity index (χ2v) is 2.54. The fourth-order valence-electron chi connectivity index (χ4n) is 0.366. The molecule has 0 aromatic heterocycles. The third kappa shape index (κ3) is 5.67. The number of rotatable bonds is 3. The minimum atomic E-state index is -0.808. The Morgan fingerprint density at radius 2 is 2.17 bits per heavy atom. The van der Waals surface area contributed by atoms with E-state index in [0.29, 0.717) is 5.71 Å². The van der Waals surface area contributed by atoms with Crippen molar-refractivity contribution in [2.24, 2.45) is 10.9 Å². The molecule has 0 heterocycles. The predicted octanol–water partition coefficient (Wildman–Crippen LogP) is 0.883. The minimum absolute atomic E-state index is 0.203. The summed E-state index contributed by atoms with van der Waals surface area (Å²) in [5.41, 5.74) is 5.73. The number of carbonyl (C=O) groups excluding carboxylic acids is 1. The van der Waals surface area contributed by atoms with Crippen molar-refractivity contribution in [2.75, 3.05) is 6.54 Å². The van der Waals surface area contributed by atoms with Gasteiger partial charge < -0.3 is 10.5 Å². The molecule has 70 valence electrons. The zero-order chi connectivity index (χ0) is 9.56. The van der Waals surface area contributed by atoms with Crippen molar-refractivity contribution >= 4 is 11.9 Å². The summed E-state index contributed by atoms with van der Waals surface area (Å²) in [7, 11) is 0. The van der Waals surface area contributed by atoms with Crippen LogP contribution in [-0.2, 0) is 9.57 Å². The molecule has 12 heavy (non-hydrogen) atoms. The zero-order valence-electron chi connectivity index (χ0n) is 7.53. The molecule has 0 rings (SSSR count). The smallest absolute Gasteiger partial charge is 0.430 e. The Labute approximate surface area is 71.5 Å². The van der Waals surface area contributed by atoms with Crippen LogP contribution < -0.4 is 5.73 Å². The van der Waals surface area contributed by atoms with Crippen molar-refractivity contribution in [1.29, 1.82) is 0 Å². The molecule has 0 unspecified atom stereocenters. The van der Waals surface area contributed by atoms with Crippen molar-refractivity contribution in [3.8, 4) is 0 Å². The Morgan fingerprint density at radius 1 is 1.58 bits per heavy atom. The zero-order valence-corrected chi connectivity index (χ0v) is 7.53. The first kappa shape index (κ1) is 10.9. The van der Waals surface area contributed by atoms with E-state index in [4.69, 9.17) is 5.73 Å². The van der Waals surface area contributed by atoms with Gasteiger partial charge in [0, 0.05) is 6.54 Å². The molecule has 0 saturated heterocycles. The number of ether oxygens (including phenoxy) is 1. The normalized spacial score (nSPS) is 11.6. The fourth-order valence-corrected chi connectivity index (χ4v) is 0.366. The van der Waals surface area contributed by atoms with Crippen LogP contribution in [-0.4, -0.2) is 24.5 Å². The van der Waals surface area contributed by atoms with Gasteiger partial charge in [0.1, 0.15) is 0 Å². The van der Waals surface area contributed by atoms with E-state index in [1.54, 1.807) is 20.8 Å². The molecule has 0 aliphatic heterocycles. The Morgan fingerprint density at radius 3 is 2.58 bits per heavy atom. The fraction of sp³-hybridized carbons (Fsp3) is 0.714. The summed E-state index contributed by atoms with van der Waals surface area (Å²) in [4.78, 5) is 15.0. The van der Waals surface area contributed by atoms with Crippen molar-refractivity contribution in [3.05, 3.63) is 0 Å². The molecule has 0 saturated carbocycles. The largest absolute Gasteiger partial charge is 0.535 e. The molecule has 0 atom stereocenters. The van der Waals surface area contributed by atoms with Crippen molar-refractivity contribution in [1.82, 2.24) is 0 Å². The third-order valence-electron chi connectivity index (χ3n) is 0.903. The highest BCUT2D eigenvalue weighted by atomic mass is 16.8. The molecular weight excluding hydrogens is 160 g/mol. The van der Waals surface area contributed by atoms with Crippen LogP contribution in [0.25, 0.3) is 0 Å². The van der Waals surface area contributed by atoms with Gasteiger partial charge in [0.25, 0.3) is 0 Å². The van der Waals surface area contributed by atoms with Crippen LogP contribution in [0.3, 0.4) is 0 Å². The standard InChI is InChI=1S/C7H14N2O3/c1-5(2)11-7(10)12-9-6(3)4-8/h5H,4,8H2,1-3H3/b9-6+. The van der Waals surface area contributed by atoms with Crippen molar-refractivity contribution < 1.29 is 14.4 Å². The molecule has 2 N–H and O–H groups in total. The summed E-state index contributed by atoms with van der Waals surface area (Å²) in [6.07, 6.45) is -1.01. The second-order valence-electron chi connectivity index (χ2n) is 2.54. The van der Waals surface area contributed by atoms with Gasteiger partial charge in [-0.25, -0.2) is 4.79 Å². The molecule has 5 heteroatoms. The van der Waals surface area contributed by atoms with E-state index in [1.807, 2.05) is 0 Å². The number of hydrogen-bond donors (Lipinski definition) is 1. The summed E-state index contributed by atoms with van der Waals surface area (Å²) < 4.78 is 4.64. The number of carbonyl (C=O) groups is 1. The van der Waals surface area contributed by atoms with Crippen LogP contribution in [0.2, 0.25) is 0 Å². The minimum Gasteiger partial charge on any atom is -0.430 e. The number of nitrogens with zero attached hydrogens (tertiary/aromatic N) is 1. The van der Waals surface area contributed by atoms with Gasteiger partial charge in [0.05, 0.1) is 11.8 Å². The lowest BCUT2D eigenvalue weighted by Gasteiger charge is -2.04. The summed E-state index contributed by atoms with van der Waals surface area (Å²) in [5, 5.41) is 3.41. The van der Waals surface area contributed by atoms with Crippen LogP contribution in [0, 0.1) is 0 Å². The predicted molar refractivity (Wildman–Crippen MR) is 44.9 cm³/mol. The number of hydrogen-bond acceptors (Lipinski definition) is 5. The highest BCUT2D eigenvalue weighted by Gasteiger charge is 2.05. The quantitative estimate of drug-likeness (QED) is 0.298. The maximum atomic E-state index is 10.7. The van der Waals surface area contributed by atoms with Gasteiger partial charge in [0.2, 0.25) is 0 Å². The highest BCUT2D eigenvalue weighted by molar-refractivity contribution is 5.83. The monoisotopic (exact) mass is 174 g/mol. The van der Waals surface area contributed by atoms with Crippen molar-refractivity contribution in [3.63, 3.8) is 0 Å². The summed E-state index contributed by atoms with van der Waals surface area (Å²) in [6, 6.07) is 0. The first-order valence-corrected chi connectivity index (χ1v) is 3.67. The molecular formula is C7H14N2O3. The first-order valence-electron chi connectivity index (χ1n) is 3.67. The van der Waals surface area contributed by atoms with Gasteiger partial charge in [-0.2, -0.15) is 0 Å². The average Bonchev–Trinajstić information content (AvgIpc) is 1.99. The van der Waals surface area contributed by atoms with E-state index in [2.05, 4.69) is 14.7 Å². The van der Waals surface area contributed by atoms with E-state index in [1.165, 1.54) is 0 Å². The molecule has 0 fully saturated rings. The van der Waals surface area contributed by atoms with Gasteiger partial charge in [-0.15, -0.1) is 0 Å². The third-order valence-corrected chi connectivity index (χ3v) is 0.903. The van der Waals surface area contributed by atoms with Crippen molar-refractivity contribution in [2.45, 2.75) is 26.9 Å². The second kappa shape index (κ2) is 5.54. The lowest BCUT2D eigenvalue weighted by Crippen LogP contribution is -2.14. The Hall–Kier alpha value is -1.10. The molecule has 0 bridgehead atoms. The van der Waals surface area contributed by atoms with Crippen LogP contribution in [0.4, 0.5) is 4.79 Å². The van der Waals surface area contributed by atoms with Gasteiger partial charge in [0.15, 0.2) is 0 Å². The lowest BCUT2D eigenvalue weighted by molar-refractivity contribution is 0.0361. The first-order chi connectivity index (χ1) is 5.56. The molecule has 0 aromatic carbocycles. The van der Waals surface area contributed by atoms with E-state index < -0.39 is 6.16 Å². The molecule has 0 aliphatic rings. The topological polar surface area (TPSA) is 73.9 Å². The Kier molecular flexibility index (Phi) is 5.03. The Bertz CT molecular complexity index is 177. The SMILES string of the molecule is C/C(CN)=N\OC(=O)OC(C)C. The summed E-state index contributed by atoms with van der Waals surface area (Å²) in [5.74, 6) is 0. The molecule has 0 spiro atoms. The van der Waals surface area contributed by atoms with Gasteiger partial charge in [-0.05, 0) is 20.8 Å². The summed E-state index contributed by atoms with van der Waals surface area (Å²) >= 11 is 0. The number of oxime groups is 1.